The second kappa shape index (κ2) is 13.4. The van der Waals surface area contributed by atoms with E-state index in [2.05, 4.69) is 20.9 Å². The molecule has 3 aromatic rings. The first kappa shape index (κ1) is 29.9. The van der Waals surface area contributed by atoms with Crippen LogP contribution >= 0.6 is 0 Å². The van der Waals surface area contributed by atoms with E-state index < -0.39 is 5.56 Å². The third-order valence-electron chi connectivity index (χ3n) is 6.22. The number of nitrogens with two attached hydrogens (primary N) is 2. The molecule has 2 amide bonds. The average Bonchev–Trinajstić information content (AvgIpc) is 2.89. The van der Waals surface area contributed by atoms with E-state index in [1.165, 1.54) is 10.8 Å². The Bertz CT molecular complexity index is 1430. The second-order valence-electron chi connectivity index (χ2n) is 10.1. The van der Waals surface area contributed by atoms with E-state index in [4.69, 9.17) is 16.9 Å². The maximum atomic E-state index is 13.4. The van der Waals surface area contributed by atoms with Gasteiger partial charge in [-0.25, -0.2) is 4.98 Å². The predicted octanol–water partition coefficient (Wildman–Crippen LogP) is 3.29. The Morgan fingerprint density at radius 3 is 2.42 bits per heavy atom. The van der Waals surface area contributed by atoms with Crippen LogP contribution in [0.1, 0.15) is 51.7 Å². The van der Waals surface area contributed by atoms with Crippen molar-refractivity contribution in [2.24, 2.45) is 11.7 Å². The van der Waals surface area contributed by atoms with Crippen molar-refractivity contribution < 1.29 is 9.59 Å². The normalized spacial score (nSPS) is 11.6. The first-order valence-electron chi connectivity index (χ1n) is 13.3. The summed E-state index contributed by atoms with van der Waals surface area (Å²) in [5, 5.41) is 16.3. The van der Waals surface area contributed by atoms with E-state index in [9.17, 15) is 14.4 Å². The minimum atomic E-state index is -0.461. The number of nitrogens with zero attached hydrogens (tertiary/aromatic N) is 2. The summed E-state index contributed by atoms with van der Waals surface area (Å²) >= 11 is 0. The van der Waals surface area contributed by atoms with Gasteiger partial charge in [0.2, 0.25) is 11.8 Å². The van der Waals surface area contributed by atoms with Crippen molar-refractivity contribution in [2.45, 2.75) is 59.7 Å². The summed E-state index contributed by atoms with van der Waals surface area (Å²) in [6.45, 7) is 7.62. The number of rotatable bonds is 12. The van der Waals surface area contributed by atoms with Gasteiger partial charge in [-0.3, -0.25) is 24.4 Å². The molecule has 1 unspecified atom stereocenters. The zero-order chi connectivity index (χ0) is 29.4. The summed E-state index contributed by atoms with van der Waals surface area (Å²) in [5.41, 5.74) is 14.4. The van der Waals surface area contributed by atoms with Gasteiger partial charge in [0, 0.05) is 41.0 Å². The number of nitrogen functional groups attached to an aromatic ring is 2. The number of anilines is 3. The van der Waals surface area contributed by atoms with E-state index in [0.717, 1.165) is 18.4 Å². The minimum absolute atomic E-state index is 0.0364. The number of hydrogen-bond acceptors (Lipinski definition) is 7. The van der Waals surface area contributed by atoms with Crippen molar-refractivity contribution in [1.29, 1.82) is 5.41 Å². The predicted molar refractivity (Wildman–Crippen MR) is 159 cm³/mol. The zero-order valence-corrected chi connectivity index (χ0v) is 23.4. The molecule has 0 saturated carbocycles. The third-order valence-corrected chi connectivity index (χ3v) is 6.22. The van der Waals surface area contributed by atoms with E-state index in [1.807, 2.05) is 27.7 Å². The molecule has 40 heavy (non-hydrogen) atoms. The molecule has 11 nitrogen and oxygen atoms in total. The summed E-state index contributed by atoms with van der Waals surface area (Å²) in [5.74, 6) is -0.589. The molecule has 8 N–H and O–H groups in total. The van der Waals surface area contributed by atoms with Crippen molar-refractivity contribution >= 4 is 34.8 Å². The number of carbonyl (C=O) groups excluding carboxylic acids is 2. The highest BCUT2D eigenvalue weighted by Crippen LogP contribution is 2.26. The number of carbonyl (C=O) groups is 2. The van der Waals surface area contributed by atoms with Gasteiger partial charge in [0.25, 0.3) is 5.56 Å². The Labute approximate surface area is 233 Å². The van der Waals surface area contributed by atoms with Gasteiger partial charge in [-0.15, -0.1) is 0 Å². The Hall–Kier alpha value is -4.67. The average molecular weight is 547 g/mol. The van der Waals surface area contributed by atoms with Crippen LogP contribution in [0.4, 0.5) is 17.2 Å². The van der Waals surface area contributed by atoms with Gasteiger partial charge in [-0.1, -0.05) is 44.5 Å². The number of benzene rings is 2. The number of hydrogen-bond donors (Lipinski definition) is 6. The quantitative estimate of drug-likeness (QED) is 0.114. The lowest BCUT2D eigenvalue weighted by Gasteiger charge is -2.17. The first-order chi connectivity index (χ1) is 19.0. The van der Waals surface area contributed by atoms with E-state index in [-0.39, 0.29) is 48.5 Å². The molecule has 3 rings (SSSR count). The number of aromatic nitrogens is 2. The fourth-order valence-corrected chi connectivity index (χ4v) is 4.15. The Morgan fingerprint density at radius 1 is 1.10 bits per heavy atom. The highest BCUT2D eigenvalue weighted by atomic mass is 16.2. The van der Waals surface area contributed by atoms with Crippen LogP contribution in [-0.4, -0.2) is 33.2 Å². The largest absolute Gasteiger partial charge is 0.399 e. The molecular weight excluding hydrogens is 508 g/mol. The van der Waals surface area contributed by atoms with Crippen molar-refractivity contribution in [3.63, 3.8) is 0 Å². The van der Waals surface area contributed by atoms with Crippen LogP contribution in [0, 0.1) is 11.3 Å². The second-order valence-corrected chi connectivity index (χ2v) is 10.1. The monoisotopic (exact) mass is 546 g/mol. The zero-order valence-electron chi connectivity index (χ0n) is 23.4. The summed E-state index contributed by atoms with van der Waals surface area (Å²) in [4.78, 5) is 43.4. The van der Waals surface area contributed by atoms with Gasteiger partial charge in [0.05, 0.1) is 11.9 Å². The molecule has 0 aliphatic rings. The smallest absolute Gasteiger partial charge is 0.294 e. The number of amidine groups is 1. The van der Waals surface area contributed by atoms with Crippen molar-refractivity contribution in [1.82, 2.24) is 14.9 Å². The molecule has 1 atom stereocenters. The number of nitrogens with one attached hydrogen (secondary N) is 4. The molecule has 1 heterocycles. The fraction of sp³-hybridized carbons (Fsp3) is 0.345. The highest BCUT2D eigenvalue weighted by molar-refractivity contribution is 5.95. The van der Waals surface area contributed by atoms with Crippen LogP contribution in [0.5, 0.6) is 0 Å². The lowest BCUT2D eigenvalue weighted by molar-refractivity contribution is -0.122. The van der Waals surface area contributed by atoms with Crippen LogP contribution in [0.2, 0.25) is 0 Å². The van der Waals surface area contributed by atoms with Crippen molar-refractivity contribution in [3.05, 3.63) is 70.1 Å². The summed E-state index contributed by atoms with van der Waals surface area (Å²) in [6, 6.07) is 11.9. The standard InChI is InChI=1S/C29H38N8O3/c1-5-6-18(4)28(39)36-23-12-21(11-22(30)13-23)24-15-34-27(35-17(2)3)29(40)37(24)16-25(38)33-14-19-7-9-20(10-8-19)26(31)32/h7-13,15,17-18H,5-6,14,16,30H2,1-4H3,(H3,31,32)(H,33,38)(H,34,35)(H,36,39). The Kier molecular flexibility index (Phi) is 10.0. The molecule has 2 aromatic carbocycles. The van der Waals surface area contributed by atoms with Crippen molar-refractivity contribution in [3.8, 4) is 11.3 Å². The van der Waals surface area contributed by atoms with Gasteiger partial charge >= 0.3 is 0 Å². The lowest BCUT2D eigenvalue weighted by Crippen LogP contribution is -2.35. The molecule has 1 aromatic heterocycles. The fourth-order valence-electron chi connectivity index (χ4n) is 4.15. The Balaban J connectivity index is 1.91. The van der Waals surface area contributed by atoms with Gasteiger partial charge in [0.15, 0.2) is 5.82 Å². The van der Waals surface area contributed by atoms with Gasteiger partial charge in [-0.2, -0.15) is 0 Å². The summed E-state index contributed by atoms with van der Waals surface area (Å²) < 4.78 is 1.34. The van der Waals surface area contributed by atoms with Crippen LogP contribution < -0.4 is 33.0 Å². The Morgan fingerprint density at radius 2 is 1.80 bits per heavy atom. The third kappa shape index (κ3) is 7.92. The van der Waals surface area contributed by atoms with Crippen LogP contribution in [-0.2, 0) is 22.7 Å². The SMILES string of the molecule is CCCC(C)C(=O)Nc1cc(N)cc(-c2cnc(NC(C)C)c(=O)n2CC(=O)NCc2ccc(C(=N)N)cc2)c1. The topological polar surface area (TPSA) is 181 Å². The van der Waals surface area contributed by atoms with Gasteiger partial charge < -0.3 is 27.4 Å². The van der Waals surface area contributed by atoms with Crippen LogP contribution in [0.3, 0.4) is 0 Å². The van der Waals surface area contributed by atoms with Gasteiger partial charge in [-0.05, 0) is 44.0 Å². The molecule has 0 bridgehead atoms. The molecule has 0 aliphatic heterocycles. The van der Waals surface area contributed by atoms with Gasteiger partial charge in [0.1, 0.15) is 12.4 Å². The molecule has 0 aliphatic carbocycles. The number of amides is 2. The van der Waals surface area contributed by atoms with E-state index in [1.54, 1.807) is 42.5 Å². The summed E-state index contributed by atoms with van der Waals surface area (Å²) in [6.07, 6.45) is 3.15. The maximum absolute atomic E-state index is 13.4. The molecule has 11 heteroatoms. The lowest BCUT2D eigenvalue weighted by atomic mass is 10.0. The highest BCUT2D eigenvalue weighted by Gasteiger charge is 2.18. The molecule has 0 saturated heterocycles. The molecule has 0 radical (unpaired) electrons. The summed E-state index contributed by atoms with van der Waals surface area (Å²) in [7, 11) is 0. The maximum Gasteiger partial charge on any atom is 0.294 e. The molecule has 212 valence electrons. The first-order valence-corrected chi connectivity index (χ1v) is 13.3. The molecule has 0 fully saturated rings. The van der Waals surface area contributed by atoms with Crippen LogP contribution in [0.25, 0.3) is 11.3 Å². The van der Waals surface area contributed by atoms with E-state index in [0.29, 0.717) is 28.2 Å². The molecule has 0 spiro atoms. The molecular formula is C29H38N8O3. The van der Waals surface area contributed by atoms with Crippen LogP contribution in [0.15, 0.2) is 53.5 Å². The minimum Gasteiger partial charge on any atom is -0.399 e. The van der Waals surface area contributed by atoms with Crippen molar-refractivity contribution in [2.75, 3.05) is 16.4 Å². The van der Waals surface area contributed by atoms with E-state index >= 15 is 0 Å².